The molecule has 0 aliphatic rings. The molecule has 6 heteroatoms. The number of aromatic nitrogens is 1. The van der Waals surface area contributed by atoms with Crippen molar-refractivity contribution in [2.75, 3.05) is 5.73 Å². The summed E-state index contributed by atoms with van der Waals surface area (Å²) in [5.74, 6) is 0.0728. The molecule has 0 amide bonds. The minimum absolute atomic E-state index is 0. The Balaban J connectivity index is 0.00000147. The van der Waals surface area contributed by atoms with E-state index >= 15 is 0 Å². The van der Waals surface area contributed by atoms with Crippen LogP contribution in [0.15, 0.2) is 42.5 Å². The normalized spacial score (nSPS) is 10.2. The zero-order valence-corrected chi connectivity index (χ0v) is 12.0. The van der Waals surface area contributed by atoms with Gasteiger partial charge in [0, 0.05) is 16.8 Å². The molecule has 0 bridgehead atoms. The summed E-state index contributed by atoms with van der Waals surface area (Å²) in [5, 5.41) is 8.31. The fraction of sp³-hybridized carbons (Fsp3) is 0. The van der Waals surface area contributed by atoms with Crippen LogP contribution in [0.25, 0.3) is 20.8 Å². The molecule has 0 unspecified atom stereocenters. The van der Waals surface area contributed by atoms with E-state index in [2.05, 4.69) is 4.98 Å². The monoisotopic (exact) mass is 303 g/mol. The number of thiazole rings is 1. The van der Waals surface area contributed by atoms with E-state index in [0.29, 0.717) is 5.56 Å². The molecule has 102 valence electrons. The summed E-state index contributed by atoms with van der Waals surface area (Å²) in [6.45, 7) is 0. The third-order valence-corrected chi connectivity index (χ3v) is 3.92. The molecule has 3 rings (SSSR count). The molecule has 0 saturated carbocycles. The van der Waals surface area contributed by atoms with E-state index in [1.165, 1.54) is 0 Å². The third kappa shape index (κ3) is 2.59. The lowest BCUT2D eigenvalue weighted by Crippen LogP contribution is -3.00. The Morgan fingerprint density at radius 2 is 1.80 bits per heavy atom. The van der Waals surface area contributed by atoms with Gasteiger partial charge < -0.3 is 23.9 Å². The van der Waals surface area contributed by atoms with Crippen LogP contribution in [0.2, 0.25) is 0 Å². The van der Waals surface area contributed by atoms with E-state index < -0.39 is 0 Å². The molecule has 0 radical (unpaired) electrons. The number of benzene rings is 2. The van der Waals surface area contributed by atoms with Crippen LogP contribution >= 0.6 is 11.3 Å². The Bertz CT molecular complexity index is 764. The number of nitrogens with two attached hydrogens (primary N) is 2. The maximum Gasteiger partial charge on any atom is 0.124 e. The third-order valence-electron chi connectivity index (χ3n) is 2.86. The van der Waals surface area contributed by atoms with Crippen molar-refractivity contribution in [2.24, 2.45) is 5.73 Å². The zero-order chi connectivity index (χ0) is 13.4. The van der Waals surface area contributed by atoms with Gasteiger partial charge in [0.25, 0.3) is 0 Å². The summed E-state index contributed by atoms with van der Waals surface area (Å²) in [5.41, 5.74) is 14.6. The van der Waals surface area contributed by atoms with Crippen molar-refractivity contribution in [2.45, 2.75) is 0 Å². The van der Waals surface area contributed by atoms with Crippen molar-refractivity contribution < 1.29 is 12.4 Å². The van der Waals surface area contributed by atoms with Gasteiger partial charge in [-0.2, -0.15) is 0 Å². The standard InChI is InChI=1S/C14H12N4S.ClH/c15-10-5-6-11-12(7-10)19-14(18-11)9-3-1-8(2-4-9)13(16)17;/h1-7H,15H2,(H3,16,17);1H/p-1. The topological polar surface area (TPSA) is 88.8 Å². The number of amidine groups is 1. The largest absolute Gasteiger partial charge is 1.00 e. The lowest BCUT2D eigenvalue weighted by atomic mass is 10.1. The highest BCUT2D eigenvalue weighted by atomic mass is 35.5. The van der Waals surface area contributed by atoms with Crippen molar-refractivity contribution in [1.82, 2.24) is 4.98 Å². The molecule has 1 heterocycles. The second-order valence-corrected chi connectivity index (χ2v) is 5.27. The molecule has 2 aromatic carbocycles. The van der Waals surface area contributed by atoms with Crippen LogP contribution in [0.4, 0.5) is 5.69 Å². The molecule has 20 heavy (non-hydrogen) atoms. The van der Waals surface area contributed by atoms with Gasteiger partial charge in [0.15, 0.2) is 0 Å². The number of hydrogen-bond donors (Lipinski definition) is 3. The Morgan fingerprint density at radius 3 is 2.45 bits per heavy atom. The van der Waals surface area contributed by atoms with E-state index in [0.717, 1.165) is 26.5 Å². The van der Waals surface area contributed by atoms with Crippen LogP contribution in [0.5, 0.6) is 0 Å². The number of hydrogen-bond acceptors (Lipinski definition) is 4. The molecule has 0 fully saturated rings. The van der Waals surface area contributed by atoms with Crippen LogP contribution in [0.3, 0.4) is 0 Å². The maximum absolute atomic E-state index is 7.37. The Kier molecular flexibility index (Phi) is 3.92. The number of fused-ring (bicyclic) bond motifs is 1. The molecule has 0 aliphatic heterocycles. The molecule has 5 N–H and O–H groups in total. The fourth-order valence-electron chi connectivity index (χ4n) is 1.86. The second kappa shape index (κ2) is 5.48. The van der Waals surface area contributed by atoms with Crippen molar-refractivity contribution in [1.29, 1.82) is 5.41 Å². The number of nitrogens with zero attached hydrogens (tertiary/aromatic N) is 1. The summed E-state index contributed by atoms with van der Waals surface area (Å²) in [6.07, 6.45) is 0. The number of anilines is 1. The van der Waals surface area contributed by atoms with Crippen molar-refractivity contribution in [3.8, 4) is 10.6 Å². The smallest absolute Gasteiger partial charge is 0.124 e. The first-order valence-electron chi connectivity index (χ1n) is 5.74. The highest BCUT2D eigenvalue weighted by Gasteiger charge is 2.07. The van der Waals surface area contributed by atoms with Crippen LogP contribution in [0, 0.1) is 5.41 Å². The highest BCUT2D eigenvalue weighted by Crippen LogP contribution is 2.31. The first-order valence-corrected chi connectivity index (χ1v) is 6.56. The van der Waals surface area contributed by atoms with Crippen LogP contribution < -0.4 is 23.9 Å². The molecule has 0 aliphatic carbocycles. The molecular weight excluding hydrogens is 292 g/mol. The van der Waals surface area contributed by atoms with Gasteiger partial charge in [-0.1, -0.05) is 24.3 Å². The van der Waals surface area contributed by atoms with Gasteiger partial charge in [-0.25, -0.2) is 4.98 Å². The van der Waals surface area contributed by atoms with Crippen LogP contribution in [-0.2, 0) is 0 Å². The van der Waals surface area contributed by atoms with Gasteiger partial charge in [-0.3, -0.25) is 5.41 Å². The summed E-state index contributed by atoms with van der Waals surface area (Å²) in [4.78, 5) is 4.58. The van der Waals surface area contributed by atoms with Crippen molar-refractivity contribution in [3.63, 3.8) is 0 Å². The number of nitrogen functional groups attached to an aromatic ring is 2. The van der Waals surface area contributed by atoms with Crippen LogP contribution in [0.1, 0.15) is 5.56 Å². The second-order valence-electron chi connectivity index (χ2n) is 4.24. The molecular formula is C14H12ClN4S-. The fourth-order valence-corrected chi connectivity index (χ4v) is 2.88. The van der Waals surface area contributed by atoms with Crippen molar-refractivity contribution >= 4 is 33.1 Å². The number of nitrogens with one attached hydrogen (secondary N) is 1. The zero-order valence-electron chi connectivity index (χ0n) is 10.4. The van der Waals surface area contributed by atoms with E-state index in [-0.39, 0.29) is 18.2 Å². The molecule has 4 nitrogen and oxygen atoms in total. The molecule has 0 saturated heterocycles. The molecule has 1 aromatic heterocycles. The number of halogens is 1. The summed E-state index contributed by atoms with van der Waals surface area (Å²) >= 11 is 1.60. The quantitative estimate of drug-likeness (QED) is 0.349. The predicted octanol–water partition coefficient (Wildman–Crippen LogP) is -0.166. The molecule has 0 spiro atoms. The highest BCUT2D eigenvalue weighted by molar-refractivity contribution is 7.21. The molecule has 0 atom stereocenters. The first kappa shape index (κ1) is 14.3. The van der Waals surface area contributed by atoms with Crippen molar-refractivity contribution in [3.05, 3.63) is 48.0 Å². The average molecular weight is 304 g/mol. The first-order chi connectivity index (χ1) is 9.13. The Hall–Kier alpha value is -2.11. The Morgan fingerprint density at radius 1 is 1.10 bits per heavy atom. The Labute approximate surface area is 126 Å². The maximum atomic E-state index is 7.37. The minimum atomic E-state index is 0. The van der Waals surface area contributed by atoms with Gasteiger partial charge in [-0.05, 0) is 18.2 Å². The van der Waals surface area contributed by atoms with E-state index in [4.69, 9.17) is 16.9 Å². The minimum Gasteiger partial charge on any atom is -1.00 e. The summed E-state index contributed by atoms with van der Waals surface area (Å²) in [7, 11) is 0. The SMILES string of the molecule is N=C(N)c1ccc(-c2nc3ccc(N)cc3s2)cc1.[Cl-]. The van der Waals surface area contributed by atoms with E-state index in [1.54, 1.807) is 11.3 Å². The van der Waals surface area contributed by atoms with E-state index in [1.807, 2.05) is 42.5 Å². The summed E-state index contributed by atoms with van der Waals surface area (Å²) in [6, 6.07) is 13.2. The summed E-state index contributed by atoms with van der Waals surface area (Å²) < 4.78 is 1.07. The van der Waals surface area contributed by atoms with E-state index in [9.17, 15) is 0 Å². The van der Waals surface area contributed by atoms with Crippen LogP contribution in [-0.4, -0.2) is 10.8 Å². The predicted molar refractivity (Wildman–Crippen MR) is 80.5 cm³/mol. The van der Waals surface area contributed by atoms with Gasteiger partial charge in [0.05, 0.1) is 10.2 Å². The lowest BCUT2D eigenvalue weighted by molar-refractivity contribution is -0.00000410. The van der Waals surface area contributed by atoms with Gasteiger partial charge in [0.1, 0.15) is 10.8 Å². The van der Waals surface area contributed by atoms with Gasteiger partial charge >= 0.3 is 0 Å². The van der Waals surface area contributed by atoms with Gasteiger partial charge in [0.2, 0.25) is 0 Å². The number of rotatable bonds is 2. The lowest BCUT2D eigenvalue weighted by Gasteiger charge is -1.99. The average Bonchev–Trinajstić information content (AvgIpc) is 2.81. The van der Waals surface area contributed by atoms with Gasteiger partial charge in [-0.15, -0.1) is 11.3 Å². The molecule has 3 aromatic rings.